The van der Waals surface area contributed by atoms with E-state index in [2.05, 4.69) is 0 Å². The average Bonchev–Trinajstić information content (AvgIpc) is 3.36. The number of amides is 1. The molecule has 4 aliphatic heterocycles. The van der Waals surface area contributed by atoms with E-state index in [4.69, 9.17) is 23.7 Å². The first kappa shape index (κ1) is 24.0. The van der Waals surface area contributed by atoms with Gasteiger partial charge in [-0.15, -0.1) is 0 Å². The summed E-state index contributed by atoms with van der Waals surface area (Å²) in [7, 11) is 0. The van der Waals surface area contributed by atoms with Gasteiger partial charge in [0.1, 0.15) is 24.4 Å². The monoisotopic (exact) mass is 513 g/mol. The largest absolute Gasteiger partial charge is 0.346 e. The normalized spacial score (nSPS) is 34.3. The van der Waals surface area contributed by atoms with Crippen molar-refractivity contribution in [2.45, 2.75) is 68.5 Å². The summed E-state index contributed by atoms with van der Waals surface area (Å²) in [4.78, 5) is 15.5. The Morgan fingerprint density at radius 2 is 1.58 bits per heavy atom. The molecule has 0 aromatic heterocycles. The fraction of sp³-hybridized carbons (Fsp3) is 0.387. The Morgan fingerprint density at radius 3 is 2.34 bits per heavy atom. The first-order valence-corrected chi connectivity index (χ1v) is 13.4. The molecule has 7 atom stereocenters. The number of nitrogens with zero attached hydrogens (tertiary/aromatic N) is 1. The van der Waals surface area contributed by atoms with Crippen LogP contribution in [-0.2, 0) is 40.8 Å². The summed E-state index contributed by atoms with van der Waals surface area (Å²) in [5, 5.41) is 0. The zero-order valence-electron chi connectivity index (χ0n) is 21.1. The highest BCUT2D eigenvalue weighted by Gasteiger charge is 2.65. The zero-order chi connectivity index (χ0) is 25.5. The molecular formula is C31H31NO6. The first-order chi connectivity index (χ1) is 18.7. The molecular weight excluding hydrogens is 482 g/mol. The summed E-state index contributed by atoms with van der Waals surface area (Å²) < 4.78 is 32.6. The standard InChI is InChI=1S/C31H31NO6/c33-25-17-10-18-31(23-15-8-3-9-16-23)32(25)26-28(38-31)27-24(20-35-29(37-27)22-13-6-2-7-14-22)36-30(26)34-19-21-11-4-1-5-12-21/h1-9,11-16,24,26-30H,10,17-20H2/t24-,26-,27-,28+,29?,30-,31+/m1/s1. The van der Waals surface area contributed by atoms with E-state index in [0.29, 0.717) is 26.1 Å². The van der Waals surface area contributed by atoms with E-state index in [1.165, 1.54) is 0 Å². The fourth-order valence-corrected chi connectivity index (χ4v) is 6.35. The van der Waals surface area contributed by atoms with Crippen molar-refractivity contribution in [2.24, 2.45) is 0 Å². The maximum Gasteiger partial charge on any atom is 0.225 e. The molecule has 0 spiro atoms. The molecule has 4 heterocycles. The van der Waals surface area contributed by atoms with E-state index < -0.39 is 36.6 Å². The molecule has 0 saturated carbocycles. The Hall–Kier alpha value is -3.07. The van der Waals surface area contributed by atoms with Crippen LogP contribution in [0, 0.1) is 0 Å². The Labute approximate surface area is 222 Å². The molecule has 4 saturated heterocycles. The van der Waals surface area contributed by atoms with Crippen LogP contribution in [0.1, 0.15) is 42.2 Å². The van der Waals surface area contributed by atoms with E-state index in [9.17, 15) is 4.79 Å². The second kappa shape index (κ2) is 9.91. The fourth-order valence-electron chi connectivity index (χ4n) is 6.35. The van der Waals surface area contributed by atoms with Gasteiger partial charge < -0.3 is 23.7 Å². The van der Waals surface area contributed by atoms with Crippen LogP contribution in [-0.4, -0.2) is 48.1 Å². The molecule has 0 aliphatic carbocycles. The van der Waals surface area contributed by atoms with E-state index in [1.54, 1.807) is 0 Å². The Balaban J connectivity index is 1.26. The van der Waals surface area contributed by atoms with Gasteiger partial charge in [0.05, 0.1) is 13.2 Å². The third kappa shape index (κ3) is 4.06. The Bertz CT molecular complexity index is 1260. The summed E-state index contributed by atoms with van der Waals surface area (Å²) in [6.45, 7) is 0.703. The van der Waals surface area contributed by atoms with Gasteiger partial charge in [-0.1, -0.05) is 91.0 Å². The predicted molar refractivity (Wildman–Crippen MR) is 137 cm³/mol. The minimum Gasteiger partial charge on any atom is -0.346 e. The number of carbonyl (C=O) groups excluding carboxylic acids is 1. The highest BCUT2D eigenvalue weighted by atomic mass is 16.8. The van der Waals surface area contributed by atoms with Crippen molar-refractivity contribution >= 4 is 5.91 Å². The summed E-state index contributed by atoms with van der Waals surface area (Å²) >= 11 is 0. The smallest absolute Gasteiger partial charge is 0.225 e. The summed E-state index contributed by atoms with van der Waals surface area (Å²) in [6, 6.07) is 29.5. The molecule has 4 fully saturated rings. The van der Waals surface area contributed by atoms with Crippen LogP contribution in [0.5, 0.6) is 0 Å². The highest BCUT2D eigenvalue weighted by molar-refractivity contribution is 5.79. The predicted octanol–water partition coefficient (Wildman–Crippen LogP) is 4.68. The van der Waals surface area contributed by atoms with E-state index in [-0.39, 0.29) is 12.0 Å². The number of piperidine rings is 1. The SMILES string of the molecule is O=C1CCC[C@@]2(c3ccccc3)O[C@@H]3[C@@H]4OC(c5ccccc5)OC[C@H]4O[C@@H](OCc4ccccc4)[C@@H]3N12. The van der Waals surface area contributed by atoms with Gasteiger partial charge in [0.2, 0.25) is 5.91 Å². The van der Waals surface area contributed by atoms with Gasteiger partial charge in [0.15, 0.2) is 18.3 Å². The Morgan fingerprint density at radius 1 is 0.868 bits per heavy atom. The molecule has 7 rings (SSSR count). The van der Waals surface area contributed by atoms with Gasteiger partial charge in [-0.3, -0.25) is 9.69 Å². The minimum absolute atomic E-state index is 0.0506. The van der Waals surface area contributed by atoms with Crippen molar-refractivity contribution in [3.63, 3.8) is 0 Å². The second-order valence-electron chi connectivity index (χ2n) is 10.4. The lowest BCUT2D eigenvalue weighted by molar-refractivity contribution is -0.343. The van der Waals surface area contributed by atoms with Gasteiger partial charge in [0, 0.05) is 24.0 Å². The lowest BCUT2D eigenvalue weighted by atomic mass is 9.89. The van der Waals surface area contributed by atoms with Gasteiger partial charge in [-0.05, 0) is 12.0 Å². The van der Waals surface area contributed by atoms with E-state index in [1.807, 2.05) is 95.9 Å². The third-order valence-electron chi connectivity index (χ3n) is 8.05. The number of ether oxygens (including phenoxy) is 5. The molecule has 7 heteroatoms. The van der Waals surface area contributed by atoms with Crippen LogP contribution >= 0.6 is 0 Å². The number of hydrogen-bond donors (Lipinski definition) is 0. The summed E-state index contributed by atoms with van der Waals surface area (Å²) in [5.41, 5.74) is 2.05. The molecule has 38 heavy (non-hydrogen) atoms. The second-order valence-corrected chi connectivity index (χ2v) is 10.4. The molecule has 1 amide bonds. The van der Waals surface area contributed by atoms with Crippen LogP contribution < -0.4 is 0 Å². The lowest BCUT2D eigenvalue weighted by Crippen LogP contribution is -2.65. The summed E-state index contributed by atoms with van der Waals surface area (Å²) in [6.07, 6.45) is -0.538. The number of carbonyl (C=O) groups is 1. The molecule has 0 bridgehead atoms. The zero-order valence-corrected chi connectivity index (χ0v) is 21.1. The average molecular weight is 514 g/mol. The van der Waals surface area contributed by atoms with Gasteiger partial charge in [-0.25, -0.2) is 0 Å². The van der Waals surface area contributed by atoms with Crippen molar-refractivity contribution in [1.82, 2.24) is 4.90 Å². The molecule has 4 aliphatic rings. The van der Waals surface area contributed by atoms with Crippen LogP contribution in [0.15, 0.2) is 91.0 Å². The van der Waals surface area contributed by atoms with Crippen molar-refractivity contribution in [3.8, 4) is 0 Å². The number of rotatable bonds is 5. The van der Waals surface area contributed by atoms with Crippen LogP contribution in [0.25, 0.3) is 0 Å². The van der Waals surface area contributed by atoms with Crippen molar-refractivity contribution in [2.75, 3.05) is 6.61 Å². The molecule has 3 aromatic rings. The molecule has 0 N–H and O–H groups in total. The van der Waals surface area contributed by atoms with Gasteiger partial charge >= 0.3 is 0 Å². The number of fused-ring (bicyclic) bond motifs is 5. The van der Waals surface area contributed by atoms with Crippen molar-refractivity contribution < 1.29 is 28.5 Å². The maximum atomic E-state index is 13.6. The maximum absolute atomic E-state index is 13.6. The van der Waals surface area contributed by atoms with Gasteiger partial charge in [-0.2, -0.15) is 0 Å². The van der Waals surface area contributed by atoms with E-state index in [0.717, 1.165) is 23.1 Å². The van der Waals surface area contributed by atoms with Crippen LogP contribution in [0.2, 0.25) is 0 Å². The van der Waals surface area contributed by atoms with Gasteiger partial charge in [0.25, 0.3) is 0 Å². The highest BCUT2D eigenvalue weighted by Crippen LogP contribution is 2.52. The Kier molecular flexibility index (Phi) is 6.26. The molecule has 7 nitrogen and oxygen atoms in total. The first-order valence-electron chi connectivity index (χ1n) is 13.4. The third-order valence-corrected chi connectivity index (χ3v) is 8.05. The quantitative estimate of drug-likeness (QED) is 0.494. The summed E-state index contributed by atoms with van der Waals surface area (Å²) in [5.74, 6) is 0.0506. The molecule has 0 radical (unpaired) electrons. The molecule has 3 aromatic carbocycles. The minimum atomic E-state index is -0.886. The number of hydrogen-bond acceptors (Lipinski definition) is 6. The van der Waals surface area contributed by atoms with Crippen LogP contribution in [0.3, 0.4) is 0 Å². The van der Waals surface area contributed by atoms with Crippen molar-refractivity contribution in [3.05, 3.63) is 108 Å². The van der Waals surface area contributed by atoms with E-state index >= 15 is 0 Å². The molecule has 196 valence electrons. The van der Waals surface area contributed by atoms with Crippen molar-refractivity contribution in [1.29, 1.82) is 0 Å². The number of benzene rings is 3. The molecule has 1 unspecified atom stereocenters. The topological polar surface area (TPSA) is 66.5 Å². The van der Waals surface area contributed by atoms with Crippen LogP contribution in [0.4, 0.5) is 0 Å². The lowest BCUT2D eigenvalue weighted by Gasteiger charge is -2.48.